The van der Waals surface area contributed by atoms with Gasteiger partial charge in [-0.05, 0) is 25.5 Å². The van der Waals surface area contributed by atoms with Crippen molar-refractivity contribution in [1.29, 1.82) is 0 Å². The van der Waals surface area contributed by atoms with E-state index in [1.165, 1.54) is 0 Å². The Bertz CT molecular complexity index is 431. The third-order valence-corrected chi connectivity index (χ3v) is 4.18. The quantitative estimate of drug-likeness (QED) is 0.826. The van der Waals surface area contributed by atoms with E-state index < -0.39 is 10.0 Å². The largest absolute Gasteiger partial charge is 0.241 e. The number of aryl methyl sites for hydroxylation is 1. The number of sulfonamides is 1. The van der Waals surface area contributed by atoms with Gasteiger partial charge in [-0.1, -0.05) is 18.2 Å². The van der Waals surface area contributed by atoms with Gasteiger partial charge in [0.25, 0.3) is 0 Å². The van der Waals surface area contributed by atoms with Crippen molar-refractivity contribution in [2.24, 2.45) is 0 Å². The van der Waals surface area contributed by atoms with Crippen LogP contribution < -0.4 is 4.72 Å². The van der Waals surface area contributed by atoms with Crippen LogP contribution in [-0.2, 0) is 10.0 Å². The summed E-state index contributed by atoms with van der Waals surface area (Å²) in [6, 6.07) is 6.58. The van der Waals surface area contributed by atoms with E-state index in [2.05, 4.69) is 4.72 Å². The van der Waals surface area contributed by atoms with Crippen LogP contribution in [0.3, 0.4) is 0 Å². The second kappa shape index (κ2) is 4.96. The molecule has 0 aliphatic rings. The number of benzene rings is 1. The van der Waals surface area contributed by atoms with E-state index in [1.807, 2.05) is 0 Å². The molecule has 1 atom stereocenters. The highest BCUT2D eigenvalue weighted by atomic mass is 35.5. The van der Waals surface area contributed by atoms with Crippen molar-refractivity contribution in [2.45, 2.75) is 24.8 Å². The second-order valence-electron chi connectivity index (χ2n) is 3.44. The lowest BCUT2D eigenvalue weighted by Crippen LogP contribution is -2.34. The van der Waals surface area contributed by atoms with Gasteiger partial charge in [0.1, 0.15) is 0 Å². The number of alkyl halides is 1. The van der Waals surface area contributed by atoms with E-state index in [0.29, 0.717) is 4.90 Å². The summed E-state index contributed by atoms with van der Waals surface area (Å²) >= 11 is 5.56. The molecule has 0 fully saturated rings. The first kappa shape index (κ1) is 12.5. The maximum absolute atomic E-state index is 11.9. The molecule has 5 heteroatoms. The monoisotopic (exact) mass is 247 g/mol. The van der Waals surface area contributed by atoms with Crippen LogP contribution >= 0.6 is 11.6 Å². The molecule has 1 N–H and O–H groups in total. The Hall–Kier alpha value is -0.580. The Morgan fingerprint density at radius 3 is 2.53 bits per heavy atom. The molecule has 0 amide bonds. The number of rotatable bonds is 4. The molecule has 15 heavy (non-hydrogen) atoms. The van der Waals surface area contributed by atoms with Crippen LogP contribution in [0.4, 0.5) is 0 Å². The Balaban J connectivity index is 3.02. The van der Waals surface area contributed by atoms with E-state index in [9.17, 15) is 8.42 Å². The van der Waals surface area contributed by atoms with E-state index >= 15 is 0 Å². The highest BCUT2D eigenvalue weighted by Gasteiger charge is 2.18. The van der Waals surface area contributed by atoms with Gasteiger partial charge in [0, 0.05) is 11.9 Å². The first-order chi connectivity index (χ1) is 6.97. The topological polar surface area (TPSA) is 46.2 Å². The van der Waals surface area contributed by atoms with Gasteiger partial charge in [0.2, 0.25) is 10.0 Å². The van der Waals surface area contributed by atoms with Crippen LogP contribution in [0.15, 0.2) is 29.2 Å². The molecule has 84 valence electrons. The van der Waals surface area contributed by atoms with Crippen molar-refractivity contribution in [3.63, 3.8) is 0 Å². The van der Waals surface area contributed by atoms with E-state index in [1.54, 1.807) is 38.1 Å². The molecule has 0 spiro atoms. The molecule has 1 aromatic carbocycles. The van der Waals surface area contributed by atoms with Crippen LogP contribution in [0.5, 0.6) is 0 Å². The van der Waals surface area contributed by atoms with Crippen molar-refractivity contribution in [3.8, 4) is 0 Å². The second-order valence-corrected chi connectivity index (χ2v) is 5.43. The number of hydrogen-bond acceptors (Lipinski definition) is 2. The molecule has 3 nitrogen and oxygen atoms in total. The van der Waals surface area contributed by atoms with Crippen LogP contribution in [0.25, 0.3) is 0 Å². The van der Waals surface area contributed by atoms with Crippen molar-refractivity contribution >= 4 is 21.6 Å². The van der Waals surface area contributed by atoms with Gasteiger partial charge >= 0.3 is 0 Å². The lowest BCUT2D eigenvalue weighted by molar-refractivity contribution is 0.570. The van der Waals surface area contributed by atoms with Gasteiger partial charge in [0.05, 0.1) is 4.90 Å². The zero-order valence-electron chi connectivity index (χ0n) is 8.70. The summed E-state index contributed by atoms with van der Waals surface area (Å²) < 4.78 is 26.2. The first-order valence-electron chi connectivity index (χ1n) is 4.61. The molecule has 1 rings (SSSR count). The predicted molar refractivity (Wildman–Crippen MR) is 61.7 cm³/mol. The summed E-state index contributed by atoms with van der Waals surface area (Å²) in [7, 11) is -3.44. The summed E-state index contributed by atoms with van der Waals surface area (Å²) in [5.74, 6) is 0.255. The summed E-state index contributed by atoms with van der Waals surface area (Å²) in [6.07, 6.45) is 0. The molecular weight excluding hydrogens is 234 g/mol. The van der Waals surface area contributed by atoms with Gasteiger partial charge in [0.15, 0.2) is 0 Å². The minimum absolute atomic E-state index is 0.255. The third kappa shape index (κ3) is 3.19. The van der Waals surface area contributed by atoms with Crippen molar-refractivity contribution in [1.82, 2.24) is 4.72 Å². The molecule has 0 heterocycles. The van der Waals surface area contributed by atoms with E-state index in [-0.39, 0.29) is 11.9 Å². The lowest BCUT2D eigenvalue weighted by atomic mass is 10.2. The molecule has 1 unspecified atom stereocenters. The summed E-state index contributed by atoms with van der Waals surface area (Å²) in [6.45, 7) is 3.49. The molecule has 0 aromatic heterocycles. The van der Waals surface area contributed by atoms with Crippen LogP contribution in [0.2, 0.25) is 0 Å². The molecule has 0 aliphatic heterocycles. The molecule has 0 bridgehead atoms. The third-order valence-electron chi connectivity index (χ3n) is 1.97. The summed E-state index contributed by atoms with van der Waals surface area (Å²) in [5, 5.41) is 0. The van der Waals surface area contributed by atoms with E-state index in [4.69, 9.17) is 11.6 Å². The van der Waals surface area contributed by atoms with Crippen molar-refractivity contribution < 1.29 is 8.42 Å². The maximum atomic E-state index is 11.9. The Morgan fingerprint density at radius 2 is 2.00 bits per heavy atom. The number of halogens is 1. The fraction of sp³-hybridized carbons (Fsp3) is 0.400. The van der Waals surface area contributed by atoms with Crippen LogP contribution in [-0.4, -0.2) is 20.3 Å². The Morgan fingerprint density at radius 1 is 1.40 bits per heavy atom. The van der Waals surface area contributed by atoms with Gasteiger partial charge in [-0.15, -0.1) is 11.6 Å². The van der Waals surface area contributed by atoms with Gasteiger partial charge in [-0.25, -0.2) is 13.1 Å². The number of hydrogen-bond donors (Lipinski definition) is 1. The molecule has 1 aromatic rings. The van der Waals surface area contributed by atoms with Crippen LogP contribution in [0.1, 0.15) is 12.5 Å². The smallest absolute Gasteiger partial charge is 0.207 e. The summed E-state index contributed by atoms with van der Waals surface area (Å²) in [4.78, 5) is 0.307. The standard InChI is InChI=1S/C10H14ClNO2S/c1-8-5-3-4-6-10(8)15(13,14)12-9(2)7-11/h3-6,9,12H,7H2,1-2H3. The highest BCUT2D eigenvalue weighted by Crippen LogP contribution is 2.14. The minimum atomic E-state index is -3.44. The highest BCUT2D eigenvalue weighted by molar-refractivity contribution is 7.89. The molecule has 0 saturated carbocycles. The average Bonchev–Trinajstić information content (AvgIpc) is 2.17. The zero-order chi connectivity index (χ0) is 11.5. The fourth-order valence-corrected chi connectivity index (χ4v) is 2.88. The normalized spacial score (nSPS) is 13.8. The van der Waals surface area contributed by atoms with Crippen molar-refractivity contribution in [2.75, 3.05) is 5.88 Å². The molecule has 0 saturated heterocycles. The van der Waals surface area contributed by atoms with Crippen molar-refractivity contribution in [3.05, 3.63) is 29.8 Å². The number of nitrogens with one attached hydrogen (secondary N) is 1. The first-order valence-corrected chi connectivity index (χ1v) is 6.63. The zero-order valence-corrected chi connectivity index (χ0v) is 10.3. The Kier molecular flexibility index (Phi) is 4.13. The van der Waals surface area contributed by atoms with Crippen LogP contribution in [0, 0.1) is 6.92 Å². The van der Waals surface area contributed by atoms with Gasteiger partial charge in [-0.3, -0.25) is 0 Å². The molecule has 0 radical (unpaired) electrons. The minimum Gasteiger partial charge on any atom is -0.207 e. The SMILES string of the molecule is Cc1ccccc1S(=O)(=O)NC(C)CCl. The fourth-order valence-electron chi connectivity index (χ4n) is 1.22. The molecule has 0 aliphatic carbocycles. The Labute approximate surface area is 95.5 Å². The average molecular weight is 248 g/mol. The van der Waals surface area contributed by atoms with Gasteiger partial charge in [-0.2, -0.15) is 0 Å². The summed E-state index contributed by atoms with van der Waals surface area (Å²) in [5.41, 5.74) is 0.728. The predicted octanol–water partition coefficient (Wildman–Crippen LogP) is 1.90. The lowest BCUT2D eigenvalue weighted by Gasteiger charge is -2.12. The maximum Gasteiger partial charge on any atom is 0.241 e. The molecular formula is C10H14ClNO2S. The van der Waals surface area contributed by atoms with Gasteiger partial charge < -0.3 is 0 Å². The van der Waals surface area contributed by atoms with E-state index in [0.717, 1.165) is 5.56 Å².